The van der Waals surface area contributed by atoms with Crippen molar-refractivity contribution >= 4 is 33.1 Å². The van der Waals surface area contributed by atoms with Crippen LogP contribution in [0.25, 0.3) is 21.5 Å². The van der Waals surface area contributed by atoms with E-state index in [1.54, 1.807) is 6.20 Å². The van der Waals surface area contributed by atoms with E-state index < -0.39 is 0 Å². The number of aromatic amines is 1. The lowest BCUT2D eigenvalue weighted by Crippen LogP contribution is -1.91. The van der Waals surface area contributed by atoms with Gasteiger partial charge in [0.2, 0.25) is 6.41 Å². The van der Waals surface area contributed by atoms with E-state index in [2.05, 4.69) is 20.5 Å². The van der Waals surface area contributed by atoms with Crippen LogP contribution in [0.5, 0.6) is 0 Å². The maximum Gasteiger partial charge on any atom is 0.213 e. The Balaban J connectivity index is 2.09. The van der Waals surface area contributed by atoms with Crippen molar-refractivity contribution in [3.63, 3.8) is 0 Å². The molecular formula is C11H8N4OS. The summed E-state index contributed by atoms with van der Waals surface area (Å²) in [5, 5.41) is 10.1. The lowest BCUT2D eigenvalue weighted by Gasteiger charge is -1.94. The molecule has 0 radical (unpaired) electrons. The van der Waals surface area contributed by atoms with E-state index in [4.69, 9.17) is 0 Å². The van der Waals surface area contributed by atoms with Crippen LogP contribution >= 0.6 is 11.3 Å². The van der Waals surface area contributed by atoms with Crippen molar-refractivity contribution in [2.45, 2.75) is 0 Å². The highest BCUT2D eigenvalue weighted by Gasteiger charge is 2.06. The minimum Gasteiger partial charge on any atom is -0.305 e. The van der Waals surface area contributed by atoms with Crippen LogP contribution in [0.3, 0.4) is 0 Å². The van der Waals surface area contributed by atoms with E-state index in [0.717, 1.165) is 21.5 Å². The van der Waals surface area contributed by atoms with Gasteiger partial charge in [-0.05, 0) is 18.2 Å². The molecule has 2 aromatic heterocycles. The third-order valence-electron chi connectivity index (χ3n) is 2.37. The molecule has 0 aliphatic heterocycles. The fourth-order valence-corrected chi connectivity index (χ4v) is 2.48. The number of carbonyl (C=O) groups is 1. The molecule has 0 aliphatic carbocycles. The summed E-state index contributed by atoms with van der Waals surface area (Å²) in [6.45, 7) is 0. The number of amides is 1. The minimum atomic E-state index is 0.606. The third kappa shape index (κ3) is 1.78. The summed E-state index contributed by atoms with van der Waals surface area (Å²) in [5.74, 6) is 0. The Morgan fingerprint density at radius 1 is 1.35 bits per heavy atom. The Kier molecular flexibility index (Phi) is 2.34. The topological polar surface area (TPSA) is 70.7 Å². The maximum absolute atomic E-state index is 10.3. The van der Waals surface area contributed by atoms with Crippen molar-refractivity contribution < 1.29 is 4.79 Å². The Morgan fingerprint density at radius 3 is 3.06 bits per heavy atom. The van der Waals surface area contributed by atoms with Crippen molar-refractivity contribution in [2.75, 3.05) is 5.32 Å². The average Bonchev–Trinajstić information content (AvgIpc) is 2.96. The van der Waals surface area contributed by atoms with Crippen LogP contribution in [-0.4, -0.2) is 21.6 Å². The first kappa shape index (κ1) is 9.98. The first-order chi connectivity index (χ1) is 8.36. The predicted molar refractivity (Wildman–Crippen MR) is 66.9 cm³/mol. The molecular weight excluding hydrogens is 236 g/mol. The van der Waals surface area contributed by atoms with Crippen molar-refractivity contribution in [1.29, 1.82) is 0 Å². The fourth-order valence-electron chi connectivity index (χ4n) is 1.62. The lowest BCUT2D eigenvalue weighted by molar-refractivity contribution is -0.105. The second kappa shape index (κ2) is 3.99. The van der Waals surface area contributed by atoms with Crippen LogP contribution in [-0.2, 0) is 4.79 Å². The van der Waals surface area contributed by atoms with Gasteiger partial charge in [0.05, 0.1) is 15.9 Å². The summed E-state index contributed by atoms with van der Waals surface area (Å²) in [7, 11) is 0. The number of nitrogens with one attached hydrogen (secondary N) is 2. The molecule has 1 amide bonds. The van der Waals surface area contributed by atoms with Crippen molar-refractivity contribution in [3.8, 4) is 11.3 Å². The summed E-state index contributed by atoms with van der Waals surface area (Å²) >= 11 is 1.44. The number of hydrogen-bond donors (Lipinski definition) is 2. The highest BCUT2D eigenvalue weighted by molar-refractivity contribution is 7.22. The summed E-state index contributed by atoms with van der Waals surface area (Å²) in [5.41, 5.74) is 2.80. The Bertz CT molecular complexity index is 659. The number of rotatable bonds is 3. The summed E-state index contributed by atoms with van der Waals surface area (Å²) in [6.07, 6.45) is 2.41. The van der Waals surface area contributed by atoms with Gasteiger partial charge in [-0.3, -0.25) is 9.89 Å². The molecule has 5 nitrogen and oxygen atoms in total. The lowest BCUT2D eigenvalue weighted by atomic mass is 10.1. The van der Waals surface area contributed by atoms with E-state index in [1.165, 1.54) is 11.3 Å². The van der Waals surface area contributed by atoms with Crippen molar-refractivity contribution in [3.05, 3.63) is 30.5 Å². The van der Waals surface area contributed by atoms with Gasteiger partial charge in [-0.1, -0.05) is 17.4 Å². The molecule has 6 heteroatoms. The van der Waals surface area contributed by atoms with E-state index >= 15 is 0 Å². The van der Waals surface area contributed by atoms with Crippen LogP contribution in [0, 0.1) is 0 Å². The molecule has 3 aromatic rings. The zero-order valence-corrected chi connectivity index (χ0v) is 9.49. The van der Waals surface area contributed by atoms with Gasteiger partial charge in [0.15, 0.2) is 5.13 Å². The normalized spacial score (nSPS) is 10.6. The van der Waals surface area contributed by atoms with Crippen LogP contribution in [0.4, 0.5) is 5.13 Å². The number of hydrogen-bond acceptors (Lipinski definition) is 4. The van der Waals surface area contributed by atoms with Gasteiger partial charge in [0.1, 0.15) is 0 Å². The summed E-state index contributed by atoms with van der Waals surface area (Å²) in [6, 6.07) is 7.81. The van der Waals surface area contributed by atoms with Crippen LogP contribution in [0.1, 0.15) is 0 Å². The van der Waals surface area contributed by atoms with E-state index in [9.17, 15) is 4.79 Å². The van der Waals surface area contributed by atoms with Crippen molar-refractivity contribution in [1.82, 2.24) is 15.2 Å². The maximum atomic E-state index is 10.3. The molecule has 0 atom stereocenters. The summed E-state index contributed by atoms with van der Waals surface area (Å²) < 4.78 is 1.02. The molecule has 17 heavy (non-hydrogen) atoms. The number of anilines is 1. The first-order valence-electron chi connectivity index (χ1n) is 4.98. The molecule has 0 fully saturated rings. The monoisotopic (exact) mass is 244 g/mol. The van der Waals surface area contributed by atoms with Gasteiger partial charge in [0, 0.05) is 11.8 Å². The largest absolute Gasteiger partial charge is 0.305 e. The van der Waals surface area contributed by atoms with Crippen LogP contribution in [0.2, 0.25) is 0 Å². The summed E-state index contributed by atoms with van der Waals surface area (Å²) in [4.78, 5) is 14.6. The number of aromatic nitrogens is 3. The predicted octanol–water partition coefficient (Wildman–Crippen LogP) is 2.25. The molecule has 0 spiro atoms. The Labute approximate surface area is 101 Å². The molecule has 3 rings (SSSR count). The smallest absolute Gasteiger partial charge is 0.213 e. The Morgan fingerprint density at radius 2 is 2.29 bits per heavy atom. The molecule has 0 unspecified atom stereocenters. The number of nitrogens with zero attached hydrogens (tertiary/aromatic N) is 2. The molecule has 0 aliphatic rings. The van der Waals surface area contributed by atoms with Gasteiger partial charge >= 0.3 is 0 Å². The number of H-pyrrole nitrogens is 1. The number of carbonyl (C=O) groups excluding carboxylic acids is 1. The second-order valence-electron chi connectivity index (χ2n) is 3.42. The van der Waals surface area contributed by atoms with E-state index in [1.807, 2.05) is 24.3 Å². The fraction of sp³-hybridized carbons (Fsp3) is 0. The SMILES string of the molecule is O=CNc1nc2ccc(-c3cc[nH]n3)cc2s1. The third-order valence-corrected chi connectivity index (χ3v) is 3.32. The molecule has 84 valence electrons. The molecule has 2 heterocycles. The number of fused-ring (bicyclic) bond motifs is 1. The molecule has 0 bridgehead atoms. The molecule has 2 N–H and O–H groups in total. The van der Waals surface area contributed by atoms with Gasteiger partial charge < -0.3 is 5.32 Å². The molecule has 0 saturated heterocycles. The molecule has 1 aromatic carbocycles. The second-order valence-corrected chi connectivity index (χ2v) is 4.45. The highest BCUT2D eigenvalue weighted by atomic mass is 32.1. The highest BCUT2D eigenvalue weighted by Crippen LogP contribution is 2.29. The van der Waals surface area contributed by atoms with E-state index in [0.29, 0.717) is 11.5 Å². The number of thiazole rings is 1. The van der Waals surface area contributed by atoms with Gasteiger partial charge in [-0.25, -0.2) is 4.98 Å². The van der Waals surface area contributed by atoms with Gasteiger partial charge in [-0.2, -0.15) is 5.10 Å². The first-order valence-corrected chi connectivity index (χ1v) is 5.79. The van der Waals surface area contributed by atoms with Gasteiger partial charge in [-0.15, -0.1) is 0 Å². The minimum absolute atomic E-state index is 0.606. The standard InChI is InChI=1S/C11H8N4OS/c16-6-12-11-14-9-2-1-7(5-10(9)17-11)8-3-4-13-15-8/h1-6H,(H,13,15)(H,12,14,16). The van der Waals surface area contributed by atoms with Crippen LogP contribution < -0.4 is 5.32 Å². The molecule has 0 saturated carbocycles. The zero-order valence-electron chi connectivity index (χ0n) is 8.68. The average molecular weight is 244 g/mol. The van der Waals surface area contributed by atoms with Crippen molar-refractivity contribution in [2.24, 2.45) is 0 Å². The Hall–Kier alpha value is -2.21. The van der Waals surface area contributed by atoms with Gasteiger partial charge in [0.25, 0.3) is 0 Å². The van der Waals surface area contributed by atoms with Crippen LogP contribution in [0.15, 0.2) is 30.5 Å². The number of benzene rings is 1. The zero-order chi connectivity index (χ0) is 11.7. The van der Waals surface area contributed by atoms with E-state index in [-0.39, 0.29) is 0 Å². The quantitative estimate of drug-likeness (QED) is 0.694.